The lowest BCUT2D eigenvalue weighted by Crippen LogP contribution is -2.54. The Morgan fingerprint density at radius 3 is 2.83 bits per heavy atom. The third-order valence-electron chi connectivity index (χ3n) is 6.77. The number of nitrogens with one attached hydrogen (secondary N) is 1. The van der Waals surface area contributed by atoms with Crippen LogP contribution >= 0.6 is 0 Å². The zero-order valence-corrected chi connectivity index (χ0v) is 17.9. The molecule has 0 radical (unpaired) electrons. The second-order valence-electron chi connectivity index (χ2n) is 8.79. The third-order valence-corrected chi connectivity index (χ3v) is 7.50. The second-order valence-corrected chi connectivity index (χ2v) is 10.6. The molecule has 0 saturated carbocycles. The summed E-state index contributed by atoms with van der Waals surface area (Å²) in [5, 5.41) is 0. The summed E-state index contributed by atoms with van der Waals surface area (Å²) in [5.41, 5.74) is 2.06. The topological polar surface area (TPSA) is 79.0 Å². The van der Waals surface area contributed by atoms with E-state index in [1.165, 1.54) is 11.8 Å². The van der Waals surface area contributed by atoms with Gasteiger partial charge < -0.3 is 14.5 Å². The van der Waals surface area contributed by atoms with Gasteiger partial charge in [-0.1, -0.05) is 36.0 Å². The van der Waals surface area contributed by atoms with Crippen molar-refractivity contribution in [2.24, 2.45) is 5.41 Å². The largest absolute Gasteiger partial charge is 0.468 e. The molecule has 30 heavy (non-hydrogen) atoms. The number of urea groups is 1. The Bertz CT molecular complexity index is 1020. The van der Waals surface area contributed by atoms with Crippen molar-refractivity contribution in [1.29, 1.82) is 0 Å². The highest BCUT2D eigenvalue weighted by molar-refractivity contribution is 7.88. The first-order valence-electron chi connectivity index (χ1n) is 10.5. The highest BCUT2D eigenvalue weighted by Crippen LogP contribution is 2.52. The number of amides is 2. The molecular weight excluding hydrogens is 402 g/mol. The molecule has 0 aromatic carbocycles. The molecule has 0 aromatic rings. The standard InChI is InChI=1S/C22H27N3O4S/c1-30(27,28)23-18-8-12-25(21(26)24-10-4-11-24)19(18)13-16-6-7-20-22(14-16)9-3-2-5-17(22)15-29-20/h2-3,5-7,9,15,18-19,23H,4,8,10-14H2,1H3/t18-,19-,22?/m0/s1. The van der Waals surface area contributed by atoms with Crippen LogP contribution in [0.15, 0.2) is 59.6 Å². The Morgan fingerprint density at radius 1 is 1.27 bits per heavy atom. The highest BCUT2D eigenvalue weighted by Gasteiger charge is 2.46. The fraction of sp³-hybridized carbons (Fsp3) is 0.500. The minimum atomic E-state index is -3.36. The van der Waals surface area contributed by atoms with E-state index in [1.807, 2.05) is 34.3 Å². The van der Waals surface area contributed by atoms with Gasteiger partial charge in [-0.05, 0) is 31.8 Å². The molecule has 2 aliphatic carbocycles. The Morgan fingerprint density at radius 2 is 2.10 bits per heavy atom. The van der Waals surface area contributed by atoms with Gasteiger partial charge in [0.1, 0.15) is 5.76 Å². The summed E-state index contributed by atoms with van der Waals surface area (Å²) in [4.78, 5) is 16.7. The Kier molecular flexibility index (Phi) is 4.67. The van der Waals surface area contributed by atoms with Gasteiger partial charge in [-0.15, -0.1) is 0 Å². The van der Waals surface area contributed by atoms with Crippen LogP contribution in [0.2, 0.25) is 0 Å². The van der Waals surface area contributed by atoms with Gasteiger partial charge in [0.05, 0.1) is 24.0 Å². The molecule has 5 aliphatic rings. The van der Waals surface area contributed by atoms with Crippen LogP contribution in [-0.4, -0.2) is 62.2 Å². The lowest BCUT2D eigenvalue weighted by molar-refractivity contribution is 0.120. The number of carbonyl (C=O) groups excluding carboxylic acids is 1. The van der Waals surface area contributed by atoms with E-state index in [9.17, 15) is 13.2 Å². The molecule has 0 bridgehead atoms. The Hall–Kier alpha value is -2.32. The minimum absolute atomic E-state index is 0.0279. The van der Waals surface area contributed by atoms with E-state index in [4.69, 9.17) is 4.74 Å². The van der Waals surface area contributed by atoms with Crippen LogP contribution in [0.3, 0.4) is 0 Å². The SMILES string of the molecule is CS(=O)(=O)N[C@H]1CCN(C(=O)N2CCC2)[C@H]1CC1=CC=C2OC=C3C=CC=CC32C1. The van der Waals surface area contributed by atoms with Gasteiger partial charge in [0, 0.05) is 31.2 Å². The first-order valence-corrected chi connectivity index (χ1v) is 12.4. The number of carbonyl (C=O) groups is 1. The van der Waals surface area contributed by atoms with E-state index in [1.54, 1.807) is 0 Å². The van der Waals surface area contributed by atoms with Crippen molar-refractivity contribution in [3.63, 3.8) is 0 Å². The van der Waals surface area contributed by atoms with E-state index in [2.05, 4.69) is 23.0 Å². The number of sulfonamides is 1. The number of nitrogens with zero attached hydrogens (tertiary/aromatic N) is 2. The molecule has 5 rings (SSSR count). The van der Waals surface area contributed by atoms with Gasteiger partial charge in [-0.2, -0.15) is 0 Å². The number of rotatable bonds is 4. The summed E-state index contributed by atoms with van der Waals surface area (Å²) in [5.74, 6) is 0.924. The molecule has 1 unspecified atom stereocenters. The maximum Gasteiger partial charge on any atom is 0.320 e. The van der Waals surface area contributed by atoms with Gasteiger partial charge in [-0.25, -0.2) is 17.9 Å². The zero-order valence-electron chi connectivity index (χ0n) is 17.1. The molecule has 1 N–H and O–H groups in total. The fourth-order valence-corrected chi connectivity index (χ4v) is 5.95. The van der Waals surface area contributed by atoms with Crippen LogP contribution in [0.5, 0.6) is 0 Å². The van der Waals surface area contributed by atoms with Crippen molar-refractivity contribution >= 4 is 16.1 Å². The van der Waals surface area contributed by atoms with Crippen LogP contribution < -0.4 is 4.72 Å². The van der Waals surface area contributed by atoms with Crippen LogP contribution in [0.4, 0.5) is 4.79 Å². The molecular formula is C22H27N3O4S. The number of allylic oxidation sites excluding steroid dienone is 6. The van der Waals surface area contributed by atoms with Crippen LogP contribution in [0.25, 0.3) is 0 Å². The molecule has 7 nitrogen and oxygen atoms in total. The maximum absolute atomic E-state index is 13.0. The summed E-state index contributed by atoms with van der Waals surface area (Å²) >= 11 is 0. The molecule has 160 valence electrons. The smallest absolute Gasteiger partial charge is 0.320 e. The van der Waals surface area contributed by atoms with Crippen molar-refractivity contribution in [2.45, 2.75) is 37.8 Å². The zero-order chi connectivity index (χ0) is 20.9. The van der Waals surface area contributed by atoms with Crippen LogP contribution in [0.1, 0.15) is 25.7 Å². The predicted octanol–water partition coefficient (Wildman–Crippen LogP) is 2.43. The average molecular weight is 430 g/mol. The molecule has 2 amide bonds. The number of hydrogen-bond acceptors (Lipinski definition) is 4. The molecule has 2 fully saturated rings. The summed E-state index contributed by atoms with van der Waals surface area (Å²) in [6, 6.07) is -0.436. The number of likely N-dealkylation sites (tertiary alicyclic amines) is 2. The minimum Gasteiger partial charge on any atom is -0.468 e. The van der Waals surface area contributed by atoms with Crippen LogP contribution in [0, 0.1) is 5.41 Å². The third kappa shape index (κ3) is 3.32. The summed E-state index contributed by atoms with van der Waals surface area (Å²) in [6.07, 6.45) is 18.5. The summed E-state index contributed by atoms with van der Waals surface area (Å²) in [6.45, 7) is 2.14. The maximum atomic E-state index is 13.0. The number of hydrogen-bond donors (Lipinski definition) is 1. The normalized spacial score (nSPS) is 32.0. The van der Waals surface area contributed by atoms with Crippen molar-refractivity contribution in [2.75, 3.05) is 25.9 Å². The lowest BCUT2D eigenvalue weighted by atomic mass is 9.69. The van der Waals surface area contributed by atoms with Crippen molar-refractivity contribution < 1.29 is 17.9 Å². The Balaban J connectivity index is 1.40. The first kappa shape index (κ1) is 19.6. The van der Waals surface area contributed by atoms with Gasteiger partial charge in [0.25, 0.3) is 0 Å². The molecule has 3 aliphatic heterocycles. The first-order chi connectivity index (χ1) is 14.4. The quantitative estimate of drug-likeness (QED) is 0.745. The Labute approximate surface area is 177 Å². The van der Waals surface area contributed by atoms with Crippen molar-refractivity contribution in [3.05, 3.63) is 59.6 Å². The predicted molar refractivity (Wildman–Crippen MR) is 114 cm³/mol. The van der Waals surface area contributed by atoms with Gasteiger partial charge in [0.15, 0.2) is 0 Å². The lowest BCUT2D eigenvalue weighted by Gasteiger charge is -2.39. The fourth-order valence-electron chi connectivity index (χ4n) is 5.13. The van der Waals surface area contributed by atoms with Gasteiger partial charge in [-0.3, -0.25) is 0 Å². The second kappa shape index (κ2) is 7.13. The van der Waals surface area contributed by atoms with E-state index in [0.717, 1.165) is 37.3 Å². The summed E-state index contributed by atoms with van der Waals surface area (Å²) < 4.78 is 32.5. The molecule has 3 heterocycles. The van der Waals surface area contributed by atoms with Crippen LogP contribution in [-0.2, 0) is 14.8 Å². The van der Waals surface area contributed by atoms with Gasteiger partial charge >= 0.3 is 6.03 Å². The molecule has 1 spiro atoms. The number of ether oxygens (including phenoxy) is 1. The van der Waals surface area contributed by atoms with E-state index < -0.39 is 10.0 Å². The van der Waals surface area contributed by atoms with Crippen molar-refractivity contribution in [3.8, 4) is 0 Å². The highest BCUT2D eigenvalue weighted by atomic mass is 32.2. The van der Waals surface area contributed by atoms with E-state index in [0.29, 0.717) is 19.4 Å². The van der Waals surface area contributed by atoms with E-state index in [-0.39, 0.29) is 23.5 Å². The molecule has 2 saturated heterocycles. The van der Waals surface area contributed by atoms with Gasteiger partial charge in [0.2, 0.25) is 10.0 Å². The average Bonchev–Trinajstić information content (AvgIpc) is 3.20. The molecule has 8 heteroatoms. The summed E-state index contributed by atoms with van der Waals surface area (Å²) in [7, 11) is -3.36. The van der Waals surface area contributed by atoms with E-state index >= 15 is 0 Å². The monoisotopic (exact) mass is 429 g/mol. The molecule has 0 aromatic heterocycles. The molecule has 3 atom stereocenters. The van der Waals surface area contributed by atoms with Crippen molar-refractivity contribution in [1.82, 2.24) is 14.5 Å².